The Morgan fingerprint density at radius 1 is 1.37 bits per heavy atom. The molecule has 1 atom stereocenters. The monoisotopic (exact) mass is 551 g/mol. The Morgan fingerprint density at radius 2 is 2.19 bits per heavy atom. The van der Waals surface area contributed by atoms with Crippen LogP contribution < -0.4 is 5.32 Å². The lowest BCUT2D eigenvalue weighted by molar-refractivity contribution is 0.0536. The number of methoxy groups -OCH3 is 1. The van der Waals surface area contributed by atoms with Crippen LogP contribution in [0, 0.1) is 5.92 Å². The SMILES string of the molecule is CN=C(NCC1(c2cccc(Br)c2)CC1)N1CCC(COCCOC)C1.I. The largest absolute Gasteiger partial charge is 0.382 e. The van der Waals surface area contributed by atoms with Gasteiger partial charge in [-0.3, -0.25) is 4.99 Å². The minimum absolute atomic E-state index is 0. The molecule has 3 rings (SSSR count). The van der Waals surface area contributed by atoms with Crippen LogP contribution in [0.3, 0.4) is 0 Å². The van der Waals surface area contributed by atoms with Crippen molar-refractivity contribution < 1.29 is 9.47 Å². The van der Waals surface area contributed by atoms with Crippen molar-refractivity contribution >= 4 is 45.9 Å². The third-order valence-electron chi connectivity index (χ3n) is 5.46. The van der Waals surface area contributed by atoms with Crippen molar-refractivity contribution in [2.24, 2.45) is 10.9 Å². The molecule has 1 N–H and O–H groups in total. The molecule has 1 unspecified atom stereocenters. The third kappa shape index (κ3) is 6.30. The zero-order chi connectivity index (χ0) is 18.4. The average molecular weight is 552 g/mol. The van der Waals surface area contributed by atoms with Crippen LogP contribution in [-0.4, -0.2) is 64.5 Å². The van der Waals surface area contributed by atoms with E-state index >= 15 is 0 Å². The molecule has 1 aliphatic carbocycles. The van der Waals surface area contributed by atoms with Gasteiger partial charge < -0.3 is 19.7 Å². The molecule has 27 heavy (non-hydrogen) atoms. The molecular formula is C20H31BrIN3O2. The zero-order valence-corrected chi connectivity index (χ0v) is 20.2. The summed E-state index contributed by atoms with van der Waals surface area (Å²) in [6, 6.07) is 8.71. The lowest BCUT2D eigenvalue weighted by atomic mass is 9.96. The predicted molar refractivity (Wildman–Crippen MR) is 124 cm³/mol. The Balaban J connectivity index is 0.00000261. The van der Waals surface area contributed by atoms with E-state index in [1.54, 1.807) is 7.11 Å². The summed E-state index contributed by atoms with van der Waals surface area (Å²) in [5.41, 5.74) is 1.68. The number of halogens is 2. The molecule has 1 aromatic rings. The smallest absolute Gasteiger partial charge is 0.193 e. The van der Waals surface area contributed by atoms with Crippen molar-refractivity contribution in [3.8, 4) is 0 Å². The summed E-state index contributed by atoms with van der Waals surface area (Å²) in [6.07, 6.45) is 3.64. The Hall–Kier alpha value is -0.380. The van der Waals surface area contributed by atoms with E-state index in [4.69, 9.17) is 9.47 Å². The molecule has 2 aliphatic rings. The highest BCUT2D eigenvalue weighted by Gasteiger charge is 2.44. The van der Waals surface area contributed by atoms with Gasteiger partial charge in [-0.05, 0) is 37.0 Å². The van der Waals surface area contributed by atoms with E-state index in [9.17, 15) is 0 Å². The van der Waals surface area contributed by atoms with Crippen LogP contribution in [0.15, 0.2) is 33.7 Å². The van der Waals surface area contributed by atoms with E-state index in [1.807, 2.05) is 7.05 Å². The van der Waals surface area contributed by atoms with Crippen LogP contribution in [-0.2, 0) is 14.9 Å². The maximum atomic E-state index is 5.70. The number of hydrogen-bond donors (Lipinski definition) is 1. The molecule has 7 heteroatoms. The van der Waals surface area contributed by atoms with Gasteiger partial charge in [-0.25, -0.2) is 0 Å². The molecule has 1 aromatic carbocycles. The molecule has 5 nitrogen and oxygen atoms in total. The summed E-state index contributed by atoms with van der Waals surface area (Å²) >= 11 is 3.59. The fraction of sp³-hybridized carbons (Fsp3) is 0.650. The van der Waals surface area contributed by atoms with Gasteiger partial charge in [-0.15, -0.1) is 24.0 Å². The van der Waals surface area contributed by atoms with E-state index in [1.165, 1.54) is 18.4 Å². The number of ether oxygens (including phenoxy) is 2. The second kappa shape index (κ2) is 11.0. The van der Waals surface area contributed by atoms with Crippen molar-refractivity contribution in [3.05, 3.63) is 34.3 Å². The number of benzene rings is 1. The fourth-order valence-corrected chi connectivity index (χ4v) is 4.07. The summed E-state index contributed by atoms with van der Waals surface area (Å²) in [5.74, 6) is 1.59. The van der Waals surface area contributed by atoms with E-state index in [0.29, 0.717) is 19.1 Å². The molecular weight excluding hydrogens is 521 g/mol. The van der Waals surface area contributed by atoms with Crippen molar-refractivity contribution in [1.29, 1.82) is 0 Å². The van der Waals surface area contributed by atoms with Crippen LogP contribution >= 0.6 is 39.9 Å². The van der Waals surface area contributed by atoms with E-state index < -0.39 is 0 Å². The molecule has 0 bridgehead atoms. The summed E-state index contributed by atoms with van der Waals surface area (Å²) in [7, 11) is 3.58. The average Bonchev–Trinajstić information content (AvgIpc) is 3.30. The highest BCUT2D eigenvalue weighted by Crippen LogP contribution is 2.48. The number of hydrogen-bond acceptors (Lipinski definition) is 3. The van der Waals surface area contributed by atoms with Crippen LogP contribution in [0.4, 0.5) is 0 Å². The number of guanidine groups is 1. The fourth-order valence-electron chi connectivity index (χ4n) is 3.67. The van der Waals surface area contributed by atoms with Gasteiger partial charge >= 0.3 is 0 Å². The Kier molecular flexibility index (Phi) is 9.31. The second-order valence-electron chi connectivity index (χ2n) is 7.36. The lowest BCUT2D eigenvalue weighted by Gasteiger charge is -2.25. The van der Waals surface area contributed by atoms with Crippen LogP contribution in [0.1, 0.15) is 24.8 Å². The number of nitrogens with zero attached hydrogens (tertiary/aromatic N) is 2. The lowest BCUT2D eigenvalue weighted by Crippen LogP contribution is -2.43. The molecule has 0 radical (unpaired) electrons. The van der Waals surface area contributed by atoms with E-state index in [0.717, 1.165) is 43.1 Å². The van der Waals surface area contributed by atoms with Gasteiger partial charge in [-0.1, -0.05) is 28.1 Å². The molecule has 0 spiro atoms. The minimum Gasteiger partial charge on any atom is -0.382 e. The van der Waals surface area contributed by atoms with Gasteiger partial charge in [0.05, 0.1) is 19.8 Å². The highest BCUT2D eigenvalue weighted by atomic mass is 127. The number of rotatable bonds is 8. The molecule has 0 amide bonds. The number of nitrogens with one attached hydrogen (secondary N) is 1. The van der Waals surface area contributed by atoms with Crippen molar-refractivity contribution in [2.75, 3.05) is 53.6 Å². The Labute approximate surface area is 188 Å². The Morgan fingerprint density at radius 3 is 2.85 bits per heavy atom. The van der Waals surface area contributed by atoms with Gasteiger partial charge in [0.2, 0.25) is 0 Å². The molecule has 0 aromatic heterocycles. The van der Waals surface area contributed by atoms with E-state index in [-0.39, 0.29) is 29.4 Å². The molecule has 1 aliphatic heterocycles. The second-order valence-corrected chi connectivity index (χ2v) is 8.28. The predicted octanol–water partition coefficient (Wildman–Crippen LogP) is 3.66. The molecule has 1 saturated heterocycles. The highest BCUT2D eigenvalue weighted by molar-refractivity contribution is 14.0. The van der Waals surface area contributed by atoms with Gasteiger partial charge in [0, 0.05) is 49.6 Å². The molecule has 152 valence electrons. The molecule has 2 fully saturated rings. The number of aliphatic imine (C=N–C) groups is 1. The normalized spacial score (nSPS) is 21.1. The molecule has 1 saturated carbocycles. The van der Waals surface area contributed by atoms with Gasteiger partial charge in [-0.2, -0.15) is 0 Å². The van der Waals surface area contributed by atoms with Crippen molar-refractivity contribution in [3.63, 3.8) is 0 Å². The van der Waals surface area contributed by atoms with E-state index in [2.05, 4.69) is 55.4 Å². The molecule has 1 heterocycles. The third-order valence-corrected chi connectivity index (χ3v) is 5.95. The first kappa shape index (κ1) is 22.9. The van der Waals surface area contributed by atoms with Gasteiger partial charge in [0.25, 0.3) is 0 Å². The van der Waals surface area contributed by atoms with Gasteiger partial charge in [0.15, 0.2) is 5.96 Å². The van der Waals surface area contributed by atoms with Crippen molar-refractivity contribution in [2.45, 2.75) is 24.7 Å². The first-order valence-corrected chi connectivity index (χ1v) is 10.2. The van der Waals surface area contributed by atoms with Crippen LogP contribution in [0.25, 0.3) is 0 Å². The van der Waals surface area contributed by atoms with Crippen LogP contribution in [0.5, 0.6) is 0 Å². The first-order valence-electron chi connectivity index (χ1n) is 9.45. The summed E-state index contributed by atoms with van der Waals surface area (Å²) in [4.78, 5) is 6.88. The first-order chi connectivity index (χ1) is 12.7. The maximum absolute atomic E-state index is 5.70. The zero-order valence-electron chi connectivity index (χ0n) is 16.2. The van der Waals surface area contributed by atoms with Crippen molar-refractivity contribution in [1.82, 2.24) is 10.2 Å². The number of likely N-dealkylation sites (tertiary alicyclic amines) is 1. The van der Waals surface area contributed by atoms with Gasteiger partial charge in [0.1, 0.15) is 0 Å². The Bertz CT molecular complexity index is 625. The maximum Gasteiger partial charge on any atom is 0.193 e. The summed E-state index contributed by atoms with van der Waals surface area (Å²) in [6.45, 7) is 5.14. The van der Waals surface area contributed by atoms with Crippen LogP contribution in [0.2, 0.25) is 0 Å². The minimum atomic E-state index is 0. The summed E-state index contributed by atoms with van der Waals surface area (Å²) in [5, 5.41) is 3.63. The standard InChI is InChI=1S/C20H30BrN3O2.HI/c1-22-19(24-9-6-16(13-24)14-26-11-10-25-2)23-15-20(7-8-20)17-4-3-5-18(21)12-17;/h3-5,12,16H,6-11,13-15H2,1-2H3,(H,22,23);1H. The summed E-state index contributed by atoms with van der Waals surface area (Å²) < 4.78 is 11.9. The quantitative estimate of drug-likeness (QED) is 0.232. The topological polar surface area (TPSA) is 46.1 Å².